The van der Waals surface area contributed by atoms with Crippen LogP contribution in [0.1, 0.15) is 17.0 Å². The summed E-state index contributed by atoms with van der Waals surface area (Å²) in [5.74, 6) is 0.256. The van der Waals surface area contributed by atoms with Crippen molar-refractivity contribution < 1.29 is 17.7 Å². The largest absolute Gasteiger partial charge is 0.273 e. The molecular formula is C23H20FN5O4S2. The molecule has 0 unspecified atom stereocenters. The normalized spacial score (nSPS) is 11.5. The number of rotatable bonds is 10. The molecule has 0 aliphatic rings. The molecule has 4 aromatic rings. The maximum Gasteiger partial charge on any atom is 0.269 e. The molecule has 0 radical (unpaired) electrons. The Morgan fingerprint density at radius 1 is 0.943 bits per heavy atom. The van der Waals surface area contributed by atoms with Gasteiger partial charge in [-0.3, -0.25) is 14.7 Å². The van der Waals surface area contributed by atoms with Gasteiger partial charge in [-0.1, -0.05) is 54.2 Å². The van der Waals surface area contributed by atoms with Gasteiger partial charge in [-0.2, -0.15) is 0 Å². The van der Waals surface area contributed by atoms with E-state index in [2.05, 4.69) is 14.9 Å². The average molecular weight is 514 g/mol. The predicted octanol–water partition coefficient (Wildman–Crippen LogP) is 4.23. The smallest absolute Gasteiger partial charge is 0.269 e. The Labute approximate surface area is 205 Å². The Balaban J connectivity index is 1.58. The van der Waals surface area contributed by atoms with Crippen LogP contribution in [0.2, 0.25) is 0 Å². The van der Waals surface area contributed by atoms with E-state index in [4.69, 9.17) is 0 Å². The lowest BCUT2D eigenvalue weighted by atomic mass is 10.2. The van der Waals surface area contributed by atoms with E-state index in [0.717, 1.165) is 5.56 Å². The van der Waals surface area contributed by atoms with Gasteiger partial charge in [-0.15, -0.1) is 10.2 Å². The SMILES string of the molecule is O=[N+]([O-])c1ccc(-n2c(CNS(=O)(=O)Cc3ccccc3)nnc2SCc2ccc(F)cc2)cc1. The Morgan fingerprint density at radius 3 is 2.29 bits per heavy atom. The van der Waals surface area contributed by atoms with E-state index in [1.165, 1.54) is 36.0 Å². The maximum absolute atomic E-state index is 13.2. The van der Waals surface area contributed by atoms with Crippen LogP contribution in [0.25, 0.3) is 5.69 Å². The van der Waals surface area contributed by atoms with E-state index < -0.39 is 14.9 Å². The number of nitrogens with one attached hydrogen (secondary N) is 1. The molecule has 0 aliphatic heterocycles. The van der Waals surface area contributed by atoms with Crippen LogP contribution >= 0.6 is 11.8 Å². The standard InChI is InChI=1S/C23H20FN5O4S2/c24-19-8-6-17(7-9-19)15-34-23-27-26-22(28(23)20-10-12-21(13-11-20)29(30)31)14-25-35(32,33)16-18-4-2-1-3-5-18/h1-13,25H,14-16H2. The van der Waals surface area contributed by atoms with Gasteiger partial charge in [0.1, 0.15) is 5.82 Å². The number of nitrogens with zero attached hydrogens (tertiary/aromatic N) is 4. The quantitative estimate of drug-likeness (QED) is 0.191. The fourth-order valence-electron chi connectivity index (χ4n) is 3.24. The molecule has 0 saturated heterocycles. The van der Waals surface area contributed by atoms with Crippen LogP contribution in [0.4, 0.5) is 10.1 Å². The number of aromatic nitrogens is 3. The average Bonchev–Trinajstić information content (AvgIpc) is 3.26. The van der Waals surface area contributed by atoms with Crippen LogP contribution in [0.5, 0.6) is 0 Å². The van der Waals surface area contributed by atoms with Crippen LogP contribution in [0.15, 0.2) is 84.0 Å². The minimum Gasteiger partial charge on any atom is -0.273 e. The summed E-state index contributed by atoms with van der Waals surface area (Å²) in [6, 6.07) is 20.6. The van der Waals surface area contributed by atoms with Crippen LogP contribution in [0.3, 0.4) is 0 Å². The van der Waals surface area contributed by atoms with E-state index >= 15 is 0 Å². The molecule has 9 nitrogen and oxygen atoms in total. The van der Waals surface area contributed by atoms with E-state index in [-0.39, 0.29) is 23.8 Å². The van der Waals surface area contributed by atoms with Crippen LogP contribution in [-0.2, 0) is 28.1 Å². The van der Waals surface area contributed by atoms with Crippen molar-refractivity contribution in [1.29, 1.82) is 0 Å². The lowest BCUT2D eigenvalue weighted by Crippen LogP contribution is -2.26. The Bertz CT molecular complexity index is 1410. The zero-order valence-corrected chi connectivity index (χ0v) is 19.9. The number of thioether (sulfide) groups is 1. The molecule has 3 aromatic carbocycles. The third kappa shape index (κ3) is 6.50. The monoisotopic (exact) mass is 513 g/mol. The molecule has 12 heteroatoms. The molecule has 0 spiro atoms. The first-order valence-electron chi connectivity index (χ1n) is 10.4. The summed E-state index contributed by atoms with van der Waals surface area (Å²) in [5, 5.41) is 19.9. The van der Waals surface area contributed by atoms with Gasteiger partial charge in [-0.25, -0.2) is 17.5 Å². The Morgan fingerprint density at radius 2 is 1.63 bits per heavy atom. The zero-order chi connectivity index (χ0) is 24.8. The molecule has 0 bridgehead atoms. The molecule has 0 amide bonds. The Hall–Kier alpha value is -3.61. The summed E-state index contributed by atoms with van der Waals surface area (Å²) in [6.07, 6.45) is 0. The zero-order valence-electron chi connectivity index (χ0n) is 18.2. The van der Waals surface area contributed by atoms with Crippen molar-refractivity contribution in [3.8, 4) is 5.69 Å². The number of non-ortho nitro benzene ring substituents is 1. The third-order valence-electron chi connectivity index (χ3n) is 4.95. The lowest BCUT2D eigenvalue weighted by molar-refractivity contribution is -0.384. The van der Waals surface area contributed by atoms with Crippen molar-refractivity contribution in [2.45, 2.75) is 23.2 Å². The highest BCUT2D eigenvalue weighted by molar-refractivity contribution is 7.98. The summed E-state index contributed by atoms with van der Waals surface area (Å²) in [4.78, 5) is 10.5. The minimum absolute atomic E-state index is 0.0764. The van der Waals surface area contributed by atoms with Crippen LogP contribution in [-0.4, -0.2) is 28.1 Å². The number of nitro groups is 1. The molecule has 1 N–H and O–H groups in total. The fourth-order valence-corrected chi connectivity index (χ4v) is 5.25. The third-order valence-corrected chi connectivity index (χ3v) is 7.25. The van der Waals surface area contributed by atoms with Gasteiger partial charge in [0.25, 0.3) is 5.69 Å². The van der Waals surface area contributed by atoms with Crippen molar-refractivity contribution in [1.82, 2.24) is 19.5 Å². The van der Waals surface area contributed by atoms with Gasteiger partial charge in [0.15, 0.2) is 11.0 Å². The number of nitro benzene ring substituents is 1. The molecule has 0 fully saturated rings. The van der Waals surface area contributed by atoms with Crippen molar-refractivity contribution in [2.75, 3.05) is 0 Å². The second kappa shape index (κ2) is 10.8. The molecule has 0 atom stereocenters. The first-order valence-corrected chi connectivity index (χ1v) is 13.0. The van der Waals surface area contributed by atoms with Crippen molar-refractivity contribution in [3.05, 3.63) is 112 Å². The van der Waals surface area contributed by atoms with E-state index in [1.807, 2.05) is 0 Å². The van der Waals surface area contributed by atoms with E-state index in [9.17, 15) is 22.9 Å². The number of hydrogen-bond donors (Lipinski definition) is 1. The highest BCUT2D eigenvalue weighted by Gasteiger charge is 2.19. The van der Waals surface area contributed by atoms with E-state index in [1.54, 1.807) is 59.2 Å². The second-order valence-electron chi connectivity index (χ2n) is 7.49. The summed E-state index contributed by atoms with van der Waals surface area (Å²) >= 11 is 1.32. The fraction of sp³-hybridized carbons (Fsp3) is 0.130. The molecule has 0 saturated carbocycles. The van der Waals surface area contributed by atoms with Crippen LogP contribution in [0, 0.1) is 15.9 Å². The second-order valence-corrected chi connectivity index (χ2v) is 10.2. The maximum atomic E-state index is 13.2. The minimum atomic E-state index is -3.66. The number of benzene rings is 3. The molecule has 1 heterocycles. The van der Waals surface area contributed by atoms with Gasteiger partial charge < -0.3 is 0 Å². The molecular weight excluding hydrogens is 493 g/mol. The number of halogens is 1. The topological polar surface area (TPSA) is 120 Å². The van der Waals surface area contributed by atoms with Crippen molar-refractivity contribution in [3.63, 3.8) is 0 Å². The molecule has 4 rings (SSSR count). The summed E-state index contributed by atoms with van der Waals surface area (Å²) < 4.78 is 42.6. The van der Waals surface area contributed by atoms with Gasteiger partial charge in [0, 0.05) is 23.6 Å². The summed E-state index contributed by atoms with van der Waals surface area (Å²) in [6.45, 7) is -0.129. The molecule has 0 aliphatic carbocycles. The highest BCUT2D eigenvalue weighted by atomic mass is 32.2. The van der Waals surface area contributed by atoms with Crippen molar-refractivity contribution >= 4 is 27.5 Å². The summed E-state index contributed by atoms with van der Waals surface area (Å²) in [7, 11) is -3.66. The van der Waals surface area contributed by atoms with Gasteiger partial charge in [-0.05, 0) is 35.4 Å². The Kier molecular flexibility index (Phi) is 7.54. The lowest BCUT2D eigenvalue weighted by Gasteiger charge is -2.11. The molecule has 1 aromatic heterocycles. The highest BCUT2D eigenvalue weighted by Crippen LogP contribution is 2.26. The number of sulfonamides is 1. The first kappa shape index (κ1) is 24.5. The first-order chi connectivity index (χ1) is 16.8. The van der Waals surface area contributed by atoms with Gasteiger partial charge >= 0.3 is 0 Å². The molecule has 35 heavy (non-hydrogen) atoms. The summed E-state index contributed by atoms with van der Waals surface area (Å²) in [5.41, 5.74) is 1.97. The van der Waals surface area contributed by atoms with Gasteiger partial charge in [0.05, 0.1) is 17.2 Å². The molecule has 180 valence electrons. The van der Waals surface area contributed by atoms with E-state index in [0.29, 0.717) is 28.0 Å². The van der Waals surface area contributed by atoms with Crippen molar-refractivity contribution in [2.24, 2.45) is 0 Å². The predicted molar refractivity (Wildman–Crippen MR) is 130 cm³/mol. The van der Waals surface area contributed by atoms with Gasteiger partial charge in [0.2, 0.25) is 10.0 Å². The number of hydrogen-bond acceptors (Lipinski definition) is 7. The van der Waals surface area contributed by atoms with Crippen LogP contribution < -0.4 is 4.72 Å².